The molecule has 0 bridgehead atoms. The smallest absolute Gasteiger partial charge is 0.261 e. The molecule has 2 aliphatic rings. The highest BCUT2D eigenvalue weighted by Gasteiger charge is 2.35. The molecule has 0 aliphatic carbocycles. The summed E-state index contributed by atoms with van der Waals surface area (Å²) < 4.78 is 26.7. The van der Waals surface area contributed by atoms with Crippen LogP contribution in [0, 0.1) is 0 Å². The maximum atomic E-state index is 13.0. The number of carbonyl (C=O) groups excluding carboxylic acids is 3. The van der Waals surface area contributed by atoms with Crippen molar-refractivity contribution in [1.29, 1.82) is 0 Å². The molecule has 33 heavy (non-hydrogen) atoms. The number of carbonyl (C=O) groups is 3. The molecule has 2 aromatic carbocycles. The van der Waals surface area contributed by atoms with Gasteiger partial charge in [-0.15, -0.1) is 0 Å². The van der Waals surface area contributed by atoms with Crippen LogP contribution in [0.15, 0.2) is 48.5 Å². The highest BCUT2D eigenvalue weighted by Crippen LogP contribution is 2.25. The van der Waals surface area contributed by atoms with Crippen molar-refractivity contribution in [1.82, 2.24) is 14.5 Å². The zero-order valence-corrected chi connectivity index (χ0v) is 19.3. The van der Waals surface area contributed by atoms with E-state index in [0.717, 1.165) is 0 Å². The molecule has 0 unspecified atom stereocenters. The molecule has 0 saturated carbocycles. The Morgan fingerprint density at radius 1 is 1.00 bits per heavy atom. The predicted molar refractivity (Wildman–Crippen MR) is 123 cm³/mol. The lowest BCUT2D eigenvalue weighted by molar-refractivity contribution is 0.0641. The number of imide groups is 1. The van der Waals surface area contributed by atoms with Gasteiger partial charge in [-0.3, -0.25) is 19.3 Å². The molecule has 174 valence electrons. The zero-order chi connectivity index (χ0) is 23.6. The lowest BCUT2D eigenvalue weighted by Gasteiger charge is -2.32. The van der Waals surface area contributed by atoms with Crippen molar-refractivity contribution >= 4 is 27.7 Å². The number of fused-ring (bicyclic) bond motifs is 1. The van der Waals surface area contributed by atoms with Gasteiger partial charge in [0.2, 0.25) is 10.0 Å². The predicted octanol–water partition coefficient (Wildman–Crippen LogP) is 2.42. The van der Waals surface area contributed by atoms with Gasteiger partial charge in [-0.25, -0.2) is 13.1 Å². The maximum Gasteiger partial charge on any atom is 0.261 e. The van der Waals surface area contributed by atoms with E-state index in [-0.39, 0.29) is 36.1 Å². The molecule has 0 aromatic heterocycles. The van der Waals surface area contributed by atoms with Crippen molar-refractivity contribution in [3.63, 3.8) is 0 Å². The number of amides is 3. The van der Waals surface area contributed by atoms with Crippen LogP contribution >= 0.6 is 0 Å². The highest BCUT2D eigenvalue weighted by molar-refractivity contribution is 7.89. The first-order valence-corrected chi connectivity index (χ1v) is 12.8. The molecule has 8 nitrogen and oxygen atoms in total. The second-order valence-electron chi connectivity index (χ2n) is 8.45. The van der Waals surface area contributed by atoms with Gasteiger partial charge < -0.3 is 4.90 Å². The molecule has 2 aromatic rings. The Balaban J connectivity index is 1.39. The molecule has 2 aliphatic heterocycles. The van der Waals surface area contributed by atoms with Gasteiger partial charge in [0.05, 0.1) is 23.4 Å². The van der Waals surface area contributed by atoms with Crippen molar-refractivity contribution in [2.24, 2.45) is 0 Å². The second kappa shape index (κ2) is 9.44. The standard InChI is InChI=1S/C24H27N3O5S/c1-2-14-33(31,32)25-19-10-12-26(13-11-19)22(28)18-7-5-6-17(15-18)16-27-23(29)20-8-3-4-9-21(20)24(27)30/h3-9,15,19,25H,2,10-14,16H2,1H3. The molecule has 0 radical (unpaired) electrons. The van der Waals surface area contributed by atoms with Crippen LogP contribution in [0.25, 0.3) is 0 Å². The summed E-state index contributed by atoms with van der Waals surface area (Å²) in [6.07, 6.45) is 1.68. The topological polar surface area (TPSA) is 104 Å². The van der Waals surface area contributed by atoms with E-state index in [1.54, 1.807) is 53.4 Å². The number of benzene rings is 2. The average molecular weight is 470 g/mol. The third kappa shape index (κ3) is 4.99. The molecular weight excluding hydrogens is 442 g/mol. The van der Waals surface area contributed by atoms with Crippen molar-refractivity contribution in [3.05, 3.63) is 70.8 Å². The second-order valence-corrected chi connectivity index (χ2v) is 10.3. The number of nitrogens with one attached hydrogen (secondary N) is 1. The molecule has 9 heteroatoms. The van der Waals surface area contributed by atoms with Gasteiger partial charge in [0.25, 0.3) is 17.7 Å². The van der Waals surface area contributed by atoms with Crippen LogP contribution < -0.4 is 4.72 Å². The summed E-state index contributed by atoms with van der Waals surface area (Å²) in [6, 6.07) is 13.5. The van der Waals surface area contributed by atoms with Gasteiger partial charge in [0, 0.05) is 24.7 Å². The van der Waals surface area contributed by atoms with Crippen LogP contribution in [-0.2, 0) is 16.6 Å². The molecule has 1 fully saturated rings. The fourth-order valence-corrected chi connectivity index (χ4v) is 5.73. The first-order chi connectivity index (χ1) is 15.8. The molecule has 1 N–H and O–H groups in total. The minimum absolute atomic E-state index is 0.0920. The van der Waals surface area contributed by atoms with Gasteiger partial charge in [-0.05, 0) is 49.1 Å². The SMILES string of the molecule is CCCS(=O)(=O)NC1CCN(C(=O)c2cccc(CN3C(=O)c4ccccc4C3=O)c2)CC1. The summed E-state index contributed by atoms with van der Waals surface area (Å²) in [5, 5.41) is 0. The Kier molecular flexibility index (Phi) is 6.62. The molecule has 2 heterocycles. The van der Waals surface area contributed by atoms with E-state index in [4.69, 9.17) is 0 Å². The number of hydrogen-bond donors (Lipinski definition) is 1. The summed E-state index contributed by atoms with van der Waals surface area (Å²) in [5.41, 5.74) is 1.96. The monoisotopic (exact) mass is 469 g/mol. The summed E-state index contributed by atoms with van der Waals surface area (Å²) in [5.74, 6) is -0.708. The van der Waals surface area contributed by atoms with E-state index in [9.17, 15) is 22.8 Å². The van der Waals surface area contributed by atoms with Crippen LogP contribution in [0.4, 0.5) is 0 Å². The number of nitrogens with zero attached hydrogens (tertiary/aromatic N) is 2. The maximum absolute atomic E-state index is 13.0. The van der Waals surface area contributed by atoms with Gasteiger partial charge in [-0.1, -0.05) is 31.2 Å². The Labute approximate surface area is 193 Å². The first-order valence-electron chi connectivity index (χ1n) is 11.1. The number of likely N-dealkylation sites (tertiary alicyclic amines) is 1. The molecular formula is C24H27N3O5S. The summed E-state index contributed by atoms with van der Waals surface area (Å²) in [7, 11) is -3.28. The van der Waals surface area contributed by atoms with Crippen molar-refractivity contribution < 1.29 is 22.8 Å². The Morgan fingerprint density at radius 2 is 1.64 bits per heavy atom. The number of hydrogen-bond acceptors (Lipinski definition) is 5. The summed E-state index contributed by atoms with van der Waals surface area (Å²) in [6.45, 7) is 2.83. The number of piperidine rings is 1. The van der Waals surface area contributed by atoms with Crippen molar-refractivity contribution in [2.45, 2.75) is 38.8 Å². The molecule has 0 atom stereocenters. The van der Waals surface area contributed by atoms with Gasteiger partial charge >= 0.3 is 0 Å². The Morgan fingerprint density at radius 3 is 2.24 bits per heavy atom. The van der Waals surface area contributed by atoms with E-state index in [2.05, 4.69) is 4.72 Å². The van der Waals surface area contributed by atoms with E-state index in [0.29, 0.717) is 54.6 Å². The molecule has 1 saturated heterocycles. The molecule has 4 rings (SSSR count). The van der Waals surface area contributed by atoms with Crippen LogP contribution in [-0.4, -0.2) is 60.8 Å². The van der Waals surface area contributed by atoms with Crippen molar-refractivity contribution in [3.8, 4) is 0 Å². The van der Waals surface area contributed by atoms with Crippen LogP contribution in [0.1, 0.15) is 62.8 Å². The van der Waals surface area contributed by atoms with Gasteiger partial charge in [-0.2, -0.15) is 0 Å². The largest absolute Gasteiger partial charge is 0.339 e. The normalized spacial score (nSPS) is 16.9. The van der Waals surface area contributed by atoms with Gasteiger partial charge in [0.1, 0.15) is 0 Å². The van der Waals surface area contributed by atoms with E-state index >= 15 is 0 Å². The van der Waals surface area contributed by atoms with Crippen LogP contribution in [0.5, 0.6) is 0 Å². The highest BCUT2D eigenvalue weighted by atomic mass is 32.2. The lowest BCUT2D eigenvalue weighted by atomic mass is 10.0. The minimum atomic E-state index is -3.28. The molecule has 0 spiro atoms. The fourth-order valence-electron chi connectivity index (χ4n) is 4.33. The lowest BCUT2D eigenvalue weighted by Crippen LogP contribution is -2.47. The Hall–Kier alpha value is -3.04. The number of sulfonamides is 1. The third-order valence-electron chi connectivity index (χ3n) is 5.99. The van der Waals surface area contributed by atoms with Crippen molar-refractivity contribution in [2.75, 3.05) is 18.8 Å². The summed E-state index contributed by atoms with van der Waals surface area (Å²) in [4.78, 5) is 41.2. The summed E-state index contributed by atoms with van der Waals surface area (Å²) >= 11 is 0. The Bertz CT molecular complexity index is 1150. The van der Waals surface area contributed by atoms with E-state index in [1.165, 1.54) is 4.90 Å². The van der Waals surface area contributed by atoms with Crippen LogP contribution in [0.3, 0.4) is 0 Å². The van der Waals surface area contributed by atoms with E-state index in [1.807, 2.05) is 6.92 Å². The third-order valence-corrected chi connectivity index (χ3v) is 7.63. The number of rotatable bonds is 7. The fraction of sp³-hybridized carbons (Fsp3) is 0.375. The average Bonchev–Trinajstić information content (AvgIpc) is 3.04. The first kappa shape index (κ1) is 23.1. The zero-order valence-electron chi connectivity index (χ0n) is 18.5. The quantitative estimate of drug-likeness (QED) is 0.627. The van der Waals surface area contributed by atoms with Crippen LogP contribution in [0.2, 0.25) is 0 Å². The van der Waals surface area contributed by atoms with E-state index < -0.39 is 10.0 Å². The van der Waals surface area contributed by atoms with Gasteiger partial charge in [0.15, 0.2) is 0 Å². The minimum Gasteiger partial charge on any atom is -0.339 e. The molecule has 3 amide bonds.